The Morgan fingerprint density at radius 3 is 3.06 bits per heavy atom. The van der Waals surface area contributed by atoms with Gasteiger partial charge in [0.1, 0.15) is 0 Å². The highest BCUT2D eigenvalue weighted by Crippen LogP contribution is 2.38. The molecule has 94 valence electrons. The molecule has 2 aliphatic heterocycles. The van der Waals surface area contributed by atoms with E-state index in [4.69, 9.17) is 16.3 Å². The summed E-state index contributed by atoms with van der Waals surface area (Å²) in [6.07, 6.45) is 4.33. The van der Waals surface area contributed by atoms with Crippen LogP contribution < -0.4 is 5.32 Å². The lowest BCUT2D eigenvalue weighted by Crippen LogP contribution is -2.30. The van der Waals surface area contributed by atoms with E-state index < -0.39 is 0 Å². The first-order valence-corrected chi connectivity index (χ1v) is 7.46. The highest BCUT2D eigenvalue weighted by Gasteiger charge is 2.40. The van der Waals surface area contributed by atoms with Crippen molar-refractivity contribution in [3.63, 3.8) is 0 Å². The number of hydrogen-bond acceptors (Lipinski definition) is 4. The van der Waals surface area contributed by atoms with Crippen molar-refractivity contribution in [3.05, 3.63) is 23.2 Å². The van der Waals surface area contributed by atoms with Crippen LogP contribution in [0, 0.1) is 0 Å². The zero-order valence-corrected chi connectivity index (χ0v) is 11.3. The van der Waals surface area contributed by atoms with E-state index in [9.17, 15) is 0 Å². The van der Waals surface area contributed by atoms with Crippen LogP contribution in [0.15, 0.2) is 18.2 Å². The fourth-order valence-electron chi connectivity index (χ4n) is 2.93. The Morgan fingerprint density at radius 2 is 2.33 bits per heavy atom. The first-order valence-electron chi connectivity index (χ1n) is 6.26. The molecular formula is C13H13ClN2OS. The summed E-state index contributed by atoms with van der Waals surface area (Å²) in [7, 11) is 0. The van der Waals surface area contributed by atoms with Gasteiger partial charge in [0.05, 0.1) is 33.5 Å². The molecule has 2 bridgehead atoms. The van der Waals surface area contributed by atoms with Crippen LogP contribution in [0.1, 0.15) is 19.3 Å². The third-order valence-corrected chi connectivity index (χ3v) is 5.24. The van der Waals surface area contributed by atoms with Gasteiger partial charge in [-0.25, -0.2) is 4.98 Å². The standard InChI is InChI=1S/C13H13ClN2OS/c14-8-2-1-3-9-12(8)18-13(15-9)16-10-6-7-4-5-11(10)17-7/h1-3,7,10-11H,4-6H2,(H,15,16). The van der Waals surface area contributed by atoms with E-state index in [1.54, 1.807) is 11.3 Å². The number of fused-ring (bicyclic) bond motifs is 3. The molecule has 4 rings (SSSR count). The number of anilines is 1. The van der Waals surface area contributed by atoms with Crippen LogP contribution in [-0.2, 0) is 4.74 Å². The number of nitrogens with one attached hydrogen (secondary N) is 1. The zero-order valence-electron chi connectivity index (χ0n) is 9.73. The van der Waals surface area contributed by atoms with Crippen LogP contribution in [0.5, 0.6) is 0 Å². The number of halogens is 1. The second kappa shape index (κ2) is 4.08. The lowest BCUT2D eigenvalue weighted by atomic mass is 9.96. The van der Waals surface area contributed by atoms with Gasteiger partial charge >= 0.3 is 0 Å². The number of hydrogen-bond donors (Lipinski definition) is 1. The van der Waals surface area contributed by atoms with E-state index in [0.29, 0.717) is 18.2 Å². The first kappa shape index (κ1) is 11.0. The zero-order chi connectivity index (χ0) is 12.1. The molecule has 3 heterocycles. The minimum absolute atomic E-state index is 0.373. The molecule has 2 aliphatic rings. The third-order valence-electron chi connectivity index (χ3n) is 3.78. The lowest BCUT2D eigenvalue weighted by molar-refractivity contribution is 0.102. The maximum Gasteiger partial charge on any atom is 0.184 e. The Kier molecular flexibility index (Phi) is 2.50. The van der Waals surface area contributed by atoms with Gasteiger partial charge in [0.2, 0.25) is 0 Å². The summed E-state index contributed by atoms with van der Waals surface area (Å²) in [5, 5.41) is 5.25. The van der Waals surface area contributed by atoms with Crippen LogP contribution in [0.3, 0.4) is 0 Å². The molecule has 2 fully saturated rings. The van der Waals surface area contributed by atoms with Crippen molar-refractivity contribution >= 4 is 38.3 Å². The topological polar surface area (TPSA) is 34.2 Å². The average molecular weight is 281 g/mol. The van der Waals surface area contributed by atoms with Crippen molar-refractivity contribution < 1.29 is 4.74 Å². The quantitative estimate of drug-likeness (QED) is 0.911. The minimum Gasteiger partial charge on any atom is -0.373 e. The number of nitrogens with zero attached hydrogens (tertiary/aromatic N) is 1. The molecule has 2 aromatic rings. The van der Waals surface area contributed by atoms with Crippen molar-refractivity contribution in [1.29, 1.82) is 0 Å². The molecule has 0 amide bonds. The predicted molar refractivity (Wildman–Crippen MR) is 74.6 cm³/mol. The lowest BCUT2D eigenvalue weighted by Gasteiger charge is -2.19. The largest absolute Gasteiger partial charge is 0.373 e. The molecular weight excluding hydrogens is 268 g/mol. The van der Waals surface area contributed by atoms with Gasteiger partial charge in [0.15, 0.2) is 5.13 Å². The number of benzene rings is 1. The molecule has 3 nitrogen and oxygen atoms in total. The molecule has 5 heteroatoms. The van der Waals surface area contributed by atoms with Gasteiger partial charge in [-0.3, -0.25) is 0 Å². The van der Waals surface area contributed by atoms with E-state index in [1.165, 1.54) is 12.8 Å². The third kappa shape index (κ3) is 1.71. The fourth-order valence-corrected chi connectivity index (χ4v) is 4.14. The summed E-state index contributed by atoms with van der Waals surface area (Å²) < 4.78 is 6.90. The minimum atomic E-state index is 0.373. The summed E-state index contributed by atoms with van der Waals surface area (Å²) >= 11 is 7.80. The normalized spacial score (nSPS) is 30.2. The van der Waals surface area contributed by atoms with Gasteiger partial charge in [-0.05, 0) is 31.4 Å². The molecule has 0 aliphatic carbocycles. The maximum atomic E-state index is 6.17. The van der Waals surface area contributed by atoms with Crippen LogP contribution in [-0.4, -0.2) is 23.2 Å². The van der Waals surface area contributed by atoms with Gasteiger partial charge in [0.25, 0.3) is 0 Å². The number of thiazole rings is 1. The Balaban J connectivity index is 1.61. The highest BCUT2D eigenvalue weighted by molar-refractivity contribution is 7.22. The monoisotopic (exact) mass is 280 g/mol. The van der Waals surface area contributed by atoms with Crippen LogP contribution >= 0.6 is 22.9 Å². The van der Waals surface area contributed by atoms with Crippen LogP contribution in [0.4, 0.5) is 5.13 Å². The Morgan fingerprint density at radius 1 is 1.39 bits per heavy atom. The van der Waals surface area contributed by atoms with Gasteiger partial charge in [-0.2, -0.15) is 0 Å². The SMILES string of the molecule is Clc1cccc2nc(NC3CC4CCC3O4)sc12. The van der Waals surface area contributed by atoms with E-state index in [-0.39, 0.29) is 0 Å². The highest BCUT2D eigenvalue weighted by atomic mass is 35.5. The van der Waals surface area contributed by atoms with Gasteiger partial charge < -0.3 is 10.1 Å². The summed E-state index contributed by atoms with van der Waals surface area (Å²) in [5.41, 5.74) is 0.971. The smallest absolute Gasteiger partial charge is 0.184 e. The summed E-state index contributed by atoms with van der Waals surface area (Å²) in [6.45, 7) is 0. The molecule has 3 atom stereocenters. The Labute approximate surface area is 114 Å². The molecule has 0 spiro atoms. The van der Waals surface area contributed by atoms with Crippen molar-refractivity contribution in [2.24, 2.45) is 0 Å². The molecule has 1 aromatic heterocycles. The maximum absolute atomic E-state index is 6.17. The van der Waals surface area contributed by atoms with Gasteiger partial charge in [-0.1, -0.05) is 29.0 Å². The molecule has 0 saturated carbocycles. The average Bonchev–Trinajstić information content (AvgIpc) is 3.03. The van der Waals surface area contributed by atoms with Gasteiger partial charge in [-0.15, -0.1) is 0 Å². The Bertz CT molecular complexity index is 600. The van der Waals surface area contributed by atoms with E-state index in [2.05, 4.69) is 10.3 Å². The summed E-state index contributed by atoms with van der Waals surface area (Å²) in [4.78, 5) is 4.59. The van der Waals surface area contributed by atoms with Crippen molar-refractivity contribution in [2.45, 2.75) is 37.5 Å². The Hall–Kier alpha value is -0.840. The molecule has 3 unspecified atom stereocenters. The second-order valence-electron chi connectivity index (χ2n) is 4.97. The molecule has 2 saturated heterocycles. The van der Waals surface area contributed by atoms with E-state index in [1.807, 2.05) is 18.2 Å². The summed E-state index contributed by atoms with van der Waals surface area (Å²) in [6, 6.07) is 6.27. The number of rotatable bonds is 2. The van der Waals surface area contributed by atoms with E-state index >= 15 is 0 Å². The van der Waals surface area contributed by atoms with Crippen LogP contribution in [0.25, 0.3) is 10.2 Å². The number of ether oxygens (including phenoxy) is 1. The van der Waals surface area contributed by atoms with Crippen molar-refractivity contribution in [2.75, 3.05) is 5.32 Å². The fraction of sp³-hybridized carbons (Fsp3) is 0.462. The van der Waals surface area contributed by atoms with Crippen LogP contribution in [0.2, 0.25) is 5.02 Å². The van der Waals surface area contributed by atoms with Crippen molar-refractivity contribution in [1.82, 2.24) is 4.98 Å². The second-order valence-corrected chi connectivity index (χ2v) is 6.37. The molecule has 1 aromatic carbocycles. The first-order chi connectivity index (χ1) is 8.79. The summed E-state index contributed by atoms with van der Waals surface area (Å²) in [5.74, 6) is 0. The van der Waals surface area contributed by atoms with Gasteiger partial charge in [0, 0.05) is 0 Å². The number of aromatic nitrogens is 1. The predicted octanol–water partition coefficient (Wildman–Crippen LogP) is 3.68. The molecule has 18 heavy (non-hydrogen) atoms. The van der Waals surface area contributed by atoms with Crippen molar-refractivity contribution in [3.8, 4) is 0 Å². The molecule has 0 radical (unpaired) electrons. The van der Waals surface area contributed by atoms with E-state index in [0.717, 1.165) is 26.8 Å². The molecule has 1 N–H and O–H groups in total.